The van der Waals surface area contributed by atoms with Crippen LogP contribution in [0.25, 0.3) is 20.4 Å². The summed E-state index contributed by atoms with van der Waals surface area (Å²) in [6.07, 6.45) is 3.64. The number of aryl methyl sites for hydroxylation is 1. The first kappa shape index (κ1) is 20.4. The molecule has 0 aliphatic carbocycles. The number of hydrogen-bond donors (Lipinski definition) is 0. The number of benzene rings is 1. The van der Waals surface area contributed by atoms with E-state index in [1.165, 1.54) is 23.1 Å². The van der Waals surface area contributed by atoms with Crippen LogP contribution in [0.1, 0.15) is 28.8 Å². The zero-order chi connectivity index (χ0) is 21.4. The summed E-state index contributed by atoms with van der Waals surface area (Å²) in [5, 5.41) is 1.42. The average Bonchev–Trinajstić information content (AvgIpc) is 3.43. The molecule has 6 nitrogen and oxygen atoms in total. The van der Waals surface area contributed by atoms with E-state index in [2.05, 4.69) is 4.98 Å². The SMILES string of the molecule is Cc1ccc(C(=O)CSc2nc3c(sc4ncccc43)c(=O)n2C[C@H]2CCCO2)cc1. The number of rotatable bonds is 6. The molecule has 0 radical (unpaired) electrons. The standard InChI is InChI=1S/C23H21N3O3S2/c1-14-6-8-15(9-7-14)18(27)13-30-23-25-19-17-5-2-10-24-21(17)31-20(19)22(28)26(23)12-16-4-3-11-29-16/h2,5-10,16H,3-4,11-13H2,1H3/t16-/m1/s1. The number of hydrogen-bond acceptors (Lipinski definition) is 7. The maximum Gasteiger partial charge on any atom is 0.272 e. The maximum absolute atomic E-state index is 13.4. The van der Waals surface area contributed by atoms with Crippen molar-refractivity contribution in [2.75, 3.05) is 12.4 Å². The molecule has 0 N–H and O–H groups in total. The molecule has 0 saturated carbocycles. The van der Waals surface area contributed by atoms with Gasteiger partial charge in [-0.25, -0.2) is 9.97 Å². The summed E-state index contributed by atoms with van der Waals surface area (Å²) in [5.41, 5.74) is 2.35. The Labute approximate surface area is 187 Å². The second-order valence-electron chi connectivity index (χ2n) is 7.66. The van der Waals surface area contributed by atoms with Crippen molar-refractivity contribution >= 4 is 49.3 Å². The third-order valence-corrected chi connectivity index (χ3v) is 7.50. The molecule has 3 aromatic heterocycles. The Kier molecular flexibility index (Phi) is 5.60. The van der Waals surface area contributed by atoms with E-state index in [0.29, 0.717) is 27.5 Å². The zero-order valence-electron chi connectivity index (χ0n) is 17.0. The van der Waals surface area contributed by atoms with E-state index in [1.54, 1.807) is 10.8 Å². The third kappa shape index (κ3) is 4.03. The Morgan fingerprint density at radius 3 is 2.90 bits per heavy atom. The number of ketones is 1. The number of carbonyl (C=O) groups excluding carboxylic acids is 1. The van der Waals surface area contributed by atoms with Crippen molar-refractivity contribution < 1.29 is 9.53 Å². The largest absolute Gasteiger partial charge is 0.376 e. The predicted molar refractivity (Wildman–Crippen MR) is 124 cm³/mol. The highest BCUT2D eigenvalue weighted by molar-refractivity contribution is 7.99. The Bertz CT molecular complexity index is 1320. The van der Waals surface area contributed by atoms with Crippen molar-refractivity contribution in [1.82, 2.24) is 14.5 Å². The third-order valence-electron chi connectivity index (χ3n) is 5.43. The minimum Gasteiger partial charge on any atom is -0.376 e. The highest BCUT2D eigenvalue weighted by Crippen LogP contribution is 2.31. The normalized spacial score (nSPS) is 16.4. The molecule has 1 atom stereocenters. The Morgan fingerprint density at radius 1 is 1.29 bits per heavy atom. The van der Waals surface area contributed by atoms with Gasteiger partial charge in [-0.15, -0.1) is 11.3 Å². The smallest absolute Gasteiger partial charge is 0.272 e. The number of thioether (sulfide) groups is 1. The first-order chi connectivity index (χ1) is 15.1. The lowest BCUT2D eigenvalue weighted by Gasteiger charge is -2.15. The quantitative estimate of drug-likeness (QED) is 0.245. The van der Waals surface area contributed by atoms with Gasteiger partial charge in [0.2, 0.25) is 0 Å². The summed E-state index contributed by atoms with van der Waals surface area (Å²) >= 11 is 2.68. The van der Waals surface area contributed by atoms with Gasteiger partial charge in [-0.3, -0.25) is 14.2 Å². The van der Waals surface area contributed by atoms with Crippen LogP contribution < -0.4 is 5.56 Å². The first-order valence-electron chi connectivity index (χ1n) is 10.2. The van der Waals surface area contributed by atoms with Crippen LogP contribution in [0.4, 0.5) is 0 Å². The van der Waals surface area contributed by atoms with Crippen LogP contribution in [0.2, 0.25) is 0 Å². The fourth-order valence-corrected chi connectivity index (χ4v) is 5.68. The fraction of sp³-hybridized carbons (Fsp3) is 0.304. The van der Waals surface area contributed by atoms with E-state index in [9.17, 15) is 9.59 Å². The van der Waals surface area contributed by atoms with Gasteiger partial charge < -0.3 is 4.74 Å². The summed E-state index contributed by atoms with van der Waals surface area (Å²) in [5.74, 6) is 0.229. The topological polar surface area (TPSA) is 74.1 Å². The average molecular weight is 452 g/mol. The Balaban J connectivity index is 1.53. The maximum atomic E-state index is 13.4. The molecule has 8 heteroatoms. The summed E-state index contributed by atoms with van der Waals surface area (Å²) < 4.78 is 8.05. The van der Waals surface area contributed by atoms with Gasteiger partial charge in [-0.1, -0.05) is 41.6 Å². The molecule has 1 aromatic carbocycles. The molecule has 4 heterocycles. The van der Waals surface area contributed by atoms with Crippen molar-refractivity contribution in [2.45, 2.75) is 37.6 Å². The minimum absolute atomic E-state index is 0.00314. The van der Waals surface area contributed by atoms with Crippen LogP contribution in [0.3, 0.4) is 0 Å². The summed E-state index contributed by atoms with van der Waals surface area (Å²) in [6, 6.07) is 11.3. The Morgan fingerprint density at radius 2 is 2.13 bits per heavy atom. The van der Waals surface area contributed by atoms with Crippen LogP contribution in [0.15, 0.2) is 52.5 Å². The molecule has 0 unspecified atom stereocenters. The summed E-state index contributed by atoms with van der Waals surface area (Å²) in [7, 11) is 0. The van der Waals surface area contributed by atoms with Gasteiger partial charge >= 0.3 is 0 Å². The lowest BCUT2D eigenvalue weighted by molar-refractivity contribution is 0.0938. The van der Waals surface area contributed by atoms with Gasteiger partial charge in [0, 0.05) is 23.8 Å². The minimum atomic E-state index is -0.0891. The first-order valence-corrected chi connectivity index (χ1v) is 12.0. The molecule has 4 aromatic rings. The number of fused-ring (bicyclic) bond motifs is 3. The molecule has 0 amide bonds. The second kappa shape index (κ2) is 8.53. The molecule has 1 fully saturated rings. The highest BCUT2D eigenvalue weighted by atomic mass is 32.2. The molecule has 0 spiro atoms. The van der Waals surface area contributed by atoms with E-state index < -0.39 is 0 Å². The van der Waals surface area contributed by atoms with Crippen LogP contribution in [-0.2, 0) is 11.3 Å². The van der Waals surface area contributed by atoms with Gasteiger partial charge in [0.25, 0.3) is 5.56 Å². The molecular weight excluding hydrogens is 430 g/mol. The van der Waals surface area contributed by atoms with Gasteiger partial charge in [0.1, 0.15) is 9.53 Å². The highest BCUT2D eigenvalue weighted by Gasteiger charge is 2.22. The molecule has 1 aliphatic heterocycles. The number of nitrogens with zero attached hydrogens (tertiary/aromatic N) is 3. The number of pyridine rings is 1. The summed E-state index contributed by atoms with van der Waals surface area (Å²) in [4.78, 5) is 36.2. The van der Waals surface area contributed by atoms with Crippen LogP contribution >= 0.6 is 23.1 Å². The van der Waals surface area contributed by atoms with Gasteiger partial charge in [-0.05, 0) is 31.9 Å². The van der Waals surface area contributed by atoms with Crippen molar-refractivity contribution in [1.29, 1.82) is 0 Å². The van der Waals surface area contributed by atoms with E-state index in [-0.39, 0.29) is 23.2 Å². The van der Waals surface area contributed by atoms with E-state index >= 15 is 0 Å². The number of aromatic nitrogens is 3. The van der Waals surface area contributed by atoms with Gasteiger partial charge in [-0.2, -0.15) is 0 Å². The molecule has 0 bridgehead atoms. The van der Waals surface area contributed by atoms with Crippen LogP contribution in [-0.4, -0.2) is 38.8 Å². The van der Waals surface area contributed by atoms with Crippen molar-refractivity contribution in [3.63, 3.8) is 0 Å². The summed E-state index contributed by atoms with van der Waals surface area (Å²) in [6.45, 7) is 3.16. The van der Waals surface area contributed by atoms with Crippen LogP contribution in [0.5, 0.6) is 0 Å². The van der Waals surface area contributed by atoms with Crippen molar-refractivity contribution in [3.05, 3.63) is 64.1 Å². The van der Waals surface area contributed by atoms with Gasteiger partial charge in [0.15, 0.2) is 10.9 Å². The predicted octanol–water partition coefficient (Wildman–Crippen LogP) is 4.47. The van der Waals surface area contributed by atoms with Gasteiger partial charge in [0.05, 0.1) is 23.9 Å². The number of Topliss-reactive ketones (excluding diaryl/α,β-unsaturated/α-hetero) is 1. The second-order valence-corrected chi connectivity index (χ2v) is 9.60. The van der Waals surface area contributed by atoms with Crippen molar-refractivity contribution in [3.8, 4) is 0 Å². The molecule has 1 aliphatic rings. The molecule has 31 heavy (non-hydrogen) atoms. The zero-order valence-corrected chi connectivity index (χ0v) is 18.7. The fourth-order valence-electron chi connectivity index (χ4n) is 3.76. The van der Waals surface area contributed by atoms with Crippen molar-refractivity contribution in [2.24, 2.45) is 0 Å². The van der Waals surface area contributed by atoms with E-state index in [1.807, 2.05) is 43.3 Å². The Hall–Kier alpha value is -2.55. The lowest BCUT2D eigenvalue weighted by Crippen LogP contribution is -2.28. The lowest BCUT2D eigenvalue weighted by atomic mass is 10.1. The number of thiophene rings is 1. The van der Waals surface area contributed by atoms with E-state index in [4.69, 9.17) is 9.72 Å². The number of ether oxygens (including phenoxy) is 1. The van der Waals surface area contributed by atoms with Crippen LogP contribution in [0, 0.1) is 6.92 Å². The monoisotopic (exact) mass is 451 g/mol. The van der Waals surface area contributed by atoms with E-state index in [0.717, 1.165) is 35.2 Å². The molecular formula is C23H21N3O3S2. The number of carbonyl (C=O) groups is 1. The molecule has 158 valence electrons. The molecule has 5 rings (SSSR count). The molecule has 1 saturated heterocycles.